The fourth-order valence-electron chi connectivity index (χ4n) is 5.18. The Hall–Kier alpha value is -2.40. The van der Waals surface area contributed by atoms with Crippen molar-refractivity contribution in [1.82, 2.24) is 15.1 Å². The molecule has 0 aromatic heterocycles. The van der Waals surface area contributed by atoms with Gasteiger partial charge in [-0.1, -0.05) is 26.0 Å². The van der Waals surface area contributed by atoms with Crippen LogP contribution in [0.25, 0.3) is 0 Å². The van der Waals surface area contributed by atoms with Gasteiger partial charge in [-0.15, -0.1) is 0 Å². The Morgan fingerprint density at radius 2 is 1.61 bits per heavy atom. The first kappa shape index (κ1) is 30.1. The lowest BCUT2D eigenvalue weighted by atomic mass is 9.97. The van der Waals surface area contributed by atoms with Gasteiger partial charge in [0.25, 0.3) is 0 Å². The van der Waals surface area contributed by atoms with E-state index < -0.39 is 18.6 Å². The Morgan fingerprint density at radius 1 is 0.974 bits per heavy atom. The SMILES string of the molecule is CNC(OC)C(N)N(c1ccc(CN2CCN(C(C)C)CC2)cc1)C(N)c1cc(C(C)C)c(OC)cc1O. The van der Waals surface area contributed by atoms with Gasteiger partial charge < -0.3 is 30.9 Å². The lowest BCUT2D eigenvalue weighted by molar-refractivity contribution is 0.0555. The van der Waals surface area contributed by atoms with Gasteiger partial charge in [-0.3, -0.25) is 15.1 Å². The van der Waals surface area contributed by atoms with E-state index >= 15 is 0 Å². The van der Waals surface area contributed by atoms with E-state index in [2.05, 4.69) is 54.9 Å². The van der Waals surface area contributed by atoms with Crippen LogP contribution in [-0.4, -0.2) is 80.8 Å². The molecule has 9 nitrogen and oxygen atoms in total. The monoisotopic (exact) mass is 528 g/mol. The van der Waals surface area contributed by atoms with Crippen LogP contribution in [0.15, 0.2) is 36.4 Å². The van der Waals surface area contributed by atoms with Gasteiger partial charge in [-0.05, 0) is 56.1 Å². The molecule has 2 aromatic rings. The van der Waals surface area contributed by atoms with Gasteiger partial charge in [0.2, 0.25) is 0 Å². The minimum Gasteiger partial charge on any atom is -0.507 e. The molecule has 0 bridgehead atoms. The molecule has 1 saturated heterocycles. The van der Waals surface area contributed by atoms with Gasteiger partial charge in [0.15, 0.2) is 0 Å². The Bertz CT molecular complexity index is 1000. The number of ether oxygens (including phenoxy) is 2. The summed E-state index contributed by atoms with van der Waals surface area (Å²) in [5, 5.41) is 14.0. The molecule has 2 aromatic carbocycles. The molecular formula is C29H48N6O3. The van der Waals surface area contributed by atoms with Gasteiger partial charge >= 0.3 is 0 Å². The standard InChI is InChI=1S/C29H48N6O3/c1-19(2)23-16-24(25(36)17-26(23)37-6)27(30)35(28(31)29(32-5)38-7)22-10-8-21(9-11-22)18-33-12-14-34(15-13-33)20(3)4/h8-11,16-17,19-20,27-29,32,36H,12-15,18,30-31H2,1-7H3. The number of hydrogen-bond acceptors (Lipinski definition) is 9. The van der Waals surface area contributed by atoms with Gasteiger partial charge in [-0.2, -0.15) is 0 Å². The molecule has 0 radical (unpaired) electrons. The number of benzene rings is 2. The van der Waals surface area contributed by atoms with E-state index in [1.54, 1.807) is 27.3 Å². The van der Waals surface area contributed by atoms with E-state index in [1.165, 1.54) is 5.56 Å². The molecule has 0 spiro atoms. The molecule has 3 rings (SSSR count). The van der Waals surface area contributed by atoms with Gasteiger partial charge in [-0.25, -0.2) is 0 Å². The summed E-state index contributed by atoms with van der Waals surface area (Å²) in [6.07, 6.45) is -1.84. The minimum absolute atomic E-state index is 0.0616. The highest BCUT2D eigenvalue weighted by molar-refractivity contribution is 5.55. The molecule has 0 saturated carbocycles. The third-order valence-corrected chi connectivity index (χ3v) is 7.57. The molecule has 3 atom stereocenters. The van der Waals surface area contributed by atoms with Crippen LogP contribution in [0.4, 0.5) is 5.69 Å². The molecule has 38 heavy (non-hydrogen) atoms. The highest BCUT2D eigenvalue weighted by Crippen LogP contribution is 2.38. The predicted molar refractivity (Wildman–Crippen MR) is 154 cm³/mol. The van der Waals surface area contributed by atoms with Crippen molar-refractivity contribution in [3.05, 3.63) is 53.1 Å². The van der Waals surface area contributed by atoms with E-state index in [4.69, 9.17) is 20.9 Å². The van der Waals surface area contributed by atoms with Crippen LogP contribution in [0.2, 0.25) is 0 Å². The fraction of sp³-hybridized carbons (Fsp3) is 0.586. The quantitative estimate of drug-likeness (QED) is 0.309. The number of phenolic OH excluding ortho intramolecular Hbond substituents is 1. The number of nitrogens with zero attached hydrogens (tertiary/aromatic N) is 3. The summed E-state index contributed by atoms with van der Waals surface area (Å²) < 4.78 is 11.1. The van der Waals surface area contributed by atoms with Gasteiger partial charge in [0, 0.05) is 63.2 Å². The van der Waals surface area contributed by atoms with Crippen molar-refractivity contribution in [2.24, 2.45) is 11.5 Å². The maximum absolute atomic E-state index is 10.9. The molecular weight excluding hydrogens is 480 g/mol. The van der Waals surface area contributed by atoms with Crippen LogP contribution < -0.4 is 26.4 Å². The average Bonchev–Trinajstić information content (AvgIpc) is 2.90. The van der Waals surface area contributed by atoms with Crippen molar-refractivity contribution in [3.63, 3.8) is 0 Å². The summed E-state index contributed by atoms with van der Waals surface area (Å²) in [7, 11) is 5.00. The Balaban J connectivity index is 1.89. The number of anilines is 1. The zero-order chi connectivity index (χ0) is 28.0. The molecule has 1 aliphatic rings. The minimum atomic E-state index is -0.727. The first-order valence-electron chi connectivity index (χ1n) is 13.6. The van der Waals surface area contributed by atoms with Crippen LogP contribution in [0.3, 0.4) is 0 Å². The zero-order valence-corrected chi connectivity index (χ0v) is 24.1. The largest absolute Gasteiger partial charge is 0.507 e. The molecule has 1 heterocycles. The second-order valence-corrected chi connectivity index (χ2v) is 10.7. The molecule has 3 unspecified atom stereocenters. The summed E-state index contributed by atoms with van der Waals surface area (Å²) in [4.78, 5) is 6.91. The van der Waals surface area contributed by atoms with Gasteiger partial charge in [0.1, 0.15) is 30.1 Å². The molecule has 0 amide bonds. The van der Waals surface area contributed by atoms with Crippen molar-refractivity contribution in [2.45, 2.75) is 64.8 Å². The van der Waals surface area contributed by atoms with Crippen LogP contribution in [0, 0.1) is 0 Å². The second-order valence-electron chi connectivity index (χ2n) is 10.7. The Kier molecular flexibility index (Phi) is 10.8. The maximum Gasteiger partial charge on any atom is 0.141 e. The number of phenols is 1. The summed E-state index contributed by atoms with van der Waals surface area (Å²) in [6, 6.07) is 12.5. The Labute approximate surface area is 228 Å². The van der Waals surface area contributed by atoms with Crippen LogP contribution in [0.5, 0.6) is 11.5 Å². The first-order chi connectivity index (χ1) is 18.1. The summed E-state index contributed by atoms with van der Waals surface area (Å²) in [5.41, 5.74) is 17.2. The summed E-state index contributed by atoms with van der Waals surface area (Å²) in [6.45, 7) is 13.9. The molecule has 6 N–H and O–H groups in total. The molecule has 1 fully saturated rings. The van der Waals surface area contributed by atoms with Crippen LogP contribution in [0.1, 0.15) is 56.5 Å². The number of methoxy groups -OCH3 is 2. The number of aromatic hydroxyl groups is 1. The van der Waals surface area contributed by atoms with Crippen molar-refractivity contribution < 1.29 is 14.6 Å². The van der Waals surface area contributed by atoms with Gasteiger partial charge in [0.05, 0.1) is 7.11 Å². The van der Waals surface area contributed by atoms with Crippen LogP contribution >= 0.6 is 0 Å². The van der Waals surface area contributed by atoms with E-state index in [0.29, 0.717) is 17.4 Å². The fourth-order valence-corrected chi connectivity index (χ4v) is 5.18. The summed E-state index contributed by atoms with van der Waals surface area (Å²) in [5.74, 6) is 0.878. The normalized spacial score (nSPS) is 17.6. The number of piperazine rings is 1. The second kappa shape index (κ2) is 13.6. The third-order valence-electron chi connectivity index (χ3n) is 7.57. The van der Waals surface area contributed by atoms with Crippen molar-refractivity contribution in [2.75, 3.05) is 52.3 Å². The van der Waals surface area contributed by atoms with E-state index in [1.807, 2.05) is 23.1 Å². The van der Waals surface area contributed by atoms with Crippen molar-refractivity contribution in [3.8, 4) is 11.5 Å². The highest BCUT2D eigenvalue weighted by Gasteiger charge is 2.31. The van der Waals surface area contributed by atoms with Crippen molar-refractivity contribution in [1.29, 1.82) is 0 Å². The number of likely N-dealkylation sites (N-methyl/N-ethyl adjacent to an activating group) is 1. The lowest BCUT2D eigenvalue weighted by Crippen LogP contribution is -2.58. The van der Waals surface area contributed by atoms with Crippen molar-refractivity contribution >= 4 is 5.69 Å². The average molecular weight is 529 g/mol. The van der Waals surface area contributed by atoms with E-state index in [-0.39, 0.29) is 11.7 Å². The molecule has 212 valence electrons. The molecule has 0 aliphatic carbocycles. The van der Waals surface area contributed by atoms with E-state index in [9.17, 15) is 5.11 Å². The molecule has 9 heteroatoms. The maximum atomic E-state index is 10.9. The Morgan fingerprint density at radius 3 is 2.11 bits per heavy atom. The third kappa shape index (κ3) is 6.97. The zero-order valence-electron chi connectivity index (χ0n) is 24.1. The highest BCUT2D eigenvalue weighted by atomic mass is 16.5. The summed E-state index contributed by atoms with van der Waals surface area (Å²) >= 11 is 0. The first-order valence-corrected chi connectivity index (χ1v) is 13.6. The number of hydrogen-bond donors (Lipinski definition) is 4. The molecule has 1 aliphatic heterocycles. The lowest BCUT2D eigenvalue weighted by Gasteiger charge is -2.40. The topological polar surface area (TPSA) is 112 Å². The number of nitrogens with one attached hydrogen (secondary N) is 1. The smallest absolute Gasteiger partial charge is 0.141 e. The number of rotatable bonds is 12. The van der Waals surface area contributed by atoms with Crippen LogP contribution in [-0.2, 0) is 11.3 Å². The number of nitrogens with two attached hydrogens (primary N) is 2. The van der Waals surface area contributed by atoms with E-state index in [0.717, 1.165) is 44.0 Å². The predicted octanol–water partition coefficient (Wildman–Crippen LogP) is 2.99.